The smallest absolute Gasteiger partial charge is 0.0315 e. The Kier molecular flexibility index (Phi) is 15.6. The molecule has 0 saturated heterocycles. The summed E-state index contributed by atoms with van der Waals surface area (Å²) in [6.45, 7) is 4.61. The lowest BCUT2D eigenvalue weighted by atomic mass is 9.98. The molecule has 0 nitrogen and oxygen atoms in total. The summed E-state index contributed by atoms with van der Waals surface area (Å²) >= 11 is 0. The summed E-state index contributed by atoms with van der Waals surface area (Å²) < 4.78 is 0. The molecule has 0 amide bonds. The zero-order valence-corrected chi connectivity index (χ0v) is 17.8. The summed E-state index contributed by atoms with van der Waals surface area (Å²) in [4.78, 5) is 0. The summed E-state index contributed by atoms with van der Waals surface area (Å²) in [7, 11) is 0. The molecule has 148 valence electrons. The first-order chi connectivity index (χ1) is 12.4. The van der Waals surface area contributed by atoms with Gasteiger partial charge in [0.1, 0.15) is 0 Å². The second kappa shape index (κ2) is 17.2. The van der Waals surface area contributed by atoms with E-state index in [4.69, 9.17) is 0 Å². The van der Waals surface area contributed by atoms with E-state index in [0.29, 0.717) is 0 Å². The van der Waals surface area contributed by atoms with Crippen molar-refractivity contribution in [3.63, 3.8) is 0 Å². The Labute approximate surface area is 160 Å². The first-order valence-corrected chi connectivity index (χ1v) is 12.1. The van der Waals surface area contributed by atoms with Gasteiger partial charge < -0.3 is 0 Å². The van der Waals surface area contributed by atoms with Gasteiger partial charge in [-0.2, -0.15) is 0 Å². The fourth-order valence-electron chi connectivity index (χ4n) is 4.42. The summed E-state index contributed by atoms with van der Waals surface area (Å²) in [6.07, 6.45) is 30.5. The van der Waals surface area contributed by atoms with Crippen molar-refractivity contribution in [1.82, 2.24) is 0 Å². The summed E-state index contributed by atoms with van der Waals surface area (Å²) in [5.41, 5.74) is 3.77. The van der Waals surface area contributed by atoms with Crippen LogP contribution in [0.15, 0.2) is 11.1 Å². The molecule has 0 heterocycles. The van der Waals surface area contributed by atoms with Gasteiger partial charge in [-0.15, -0.1) is 0 Å². The standard InChI is InChI=1S/C25H48/c1-3-5-7-9-11-13-15-17-20-24-22-19-23-25(24)21-18-16-14-12-10-8-6-4-2/h3-23H2,1-2H3. The number of hydrogen-bond donors (Lipinski definition) is 0. The number of hydrogen-bond acceptors (Lipinski definition) is 0. The average Bonchev–Trinajstić information content (AvgIpc) is 3.07. The van der Waals surface area contributed by atoms with E-state index in [2.05, 4.69) is 13.8 Å². The van der Waals surface area contributed by atoms with Crippen LogP contribution in [-0.4, -0.2) is 0 Å². The molecule has 0 bridgehead atoms. The van der Waals surface area contributed by atoms with Gasteiger partial charge in [-0.3, -0.25) is 0 Å². The normalized spacial score (nSPS) is 14.6. The van der Waals surface area contributed by atoms with Gasteiger partial charge in [0.05, 0.1) is 0 Å². The second-order valence-corrected chi connectivity index (χ2v) is 8.51. The Morgan fingerprint density at radius 2 is 0.760 bits per heavy atom. The lowest BCUT2D eigenvalue weighted by Crippen LogP contribution is -1.88. The minimum Gasteiger partial charge on any atom is -0.0710 e. The Morgan fingerprint density at radius 3 is 1.12 bits per heavy atom. The van der Waals surface area contributed by atoms with Crippen molar-refractivity contribution < 1.29 is 0 Å². The van der Waals surface area contributed by atoms with Crippen LogP contribution in [0.5, 0.6) is 0 Å². The lowest BCUT2D eigenvalue weighted by molar-refractivity contribution is 0.569. The predicted octanol–water partition coefficient (Wildman–Crippen LogP) is 9.53. The Balaban J connectivity index is 1.99. The van der Waals surface area contributed by atoms with Crippen molar-refractivity contribution in [2.24, 2.45) is 0 Å². The molecule has 0 spiro atoms. The molecule has 0 fully saturated rings. The average molecular weight is 349 g/mol. The molecule has 0 aromatic heterocycles. The molecule has 0 N–H and O–H groups in total. The third kappa shape index (κ3) is 12.7. The van der Waals surface area contributed by atoms with Crippen molar-refractivity contribution >= 4 is 0 Å². The molecule has 0 unspecified atom stereocenters. The molecule has 0 aliphatic heterocycles. The lowest BCUT2D eigenvalue weighted by Gasteiger charge is -2.08. The Morgan fingerprint density at radius 1 is 0.440 bits per heavy atom. The van der Waals surface area contributed by atoms with Gasteiger partial charge in [0.25, 0.3) is 0 Å². The molecule has 0 radical (unpaired) electrons. The van der Waals surface area contributed by atoms with Crippen LogP contribution in [-0.2, 0) is 0 Å². The van der Waals surface area contributed by atoms with Crippen LogP contribution in [0.25, 0.3) is 0 Å². The maximum Gasteiger partial charge on any atom is -0.0315 e. The van der Waals surface area contributed by atoms with Gasteiger partial charge in [0.2, 0.25) is 0 Å². The maximum atomic E-state index is 2.31. The summed E-state index contributed by atoms with van der Waals surface area (Å²) in [5.74, 6) is 0. The van der Waals surface area contributed by atoms with E-state index < -0.39 is 0 Å². The number of unbranched alkanes of at least 4 members (excludes halogenated alkanes) is 14. The quantitative estimate of drug-likeness (QED) is 0.171. The van der Waals surface area contributed by atoms with Crippen molar-refractivity contribution in [1.29, 1.82) is 0 Å². The number of allylic oxidation sites excluding steroid dienone is 2. The highest BCUT2D eigenvalue weighted by molar-refractivity contribution is 5.19. The third-order valence-corrected chi connectivity index (χ3v) is 6.12. The molecular formula is C25H48. The zero-order chi connectivity index (χ0) is 18.0. The minimum absolute atomic E-state index is 1.37. The van der Waals surface area contributed by atoms with Crippen LogP contribution in [0.1, 0.15) is 149 Å². The maximum absolute atomic E-state index is 2.31. The van der Waals surface area contributed by atoms with Gasteiger partial charge >= 0.3 is 0 Å². The van der Waals surface area contributed by atoms with E-state index in [-0.39, 0.29) is 0 Å². The first kappa shape index (κ1) is 22.8. The van der Waals surface area contributed by atoms with Crippen LogP contribution in [0.3, 0.4) is 0 Å². The zero-order valence-electron chi connectivity index (χ0n) is 17.8. The van der Waals surface area contributed by atoms with E-state index in [0.717, 1.165) is 0 Å². The number of rotatable bonds is 18. The van der Waals surface area contributed by atoms with Gasteiger partial charge in [0.15, 0.2) is 0 Å². The first-order valence-electron chi connectivity index (χ1n) is 12.1. The third-order valence-electron chi connectivity index (χ3n) is 6.12. The fourth-order valence-corrected chi connectivity index (χ4v) is 4.42. The molecule has 1 aliphatic carbocycles. The molecule has 0 saturated carbocycles. The highest BCUT2D eigenvalue weighted by Gasteiger charge is 2.13. The van der Waals surface area contributed by atoms with E-state index in [1.54, 1.807) is 0 Å². The SMILES string of the molecule is CCCCCCCCCCC1=C(CCCCCCCCCC)CCC1. The van der Waals surface area contributed by atoms with Crippen LogP contribution < -0.4 is 0 Å². The van der Waals surface area contributed by atoms with Crippen LogP contribution in [0, 0.1) is 0 Å². The van der Waals surface area contributed by atoms with E-state index in [1.807, 2.05) is 11.1 Å². The monoisotopic (exact) mass is 348 g/mol. The van der Waals surface area contributed by atoms with Gasteiger partial charge in [0, 0.05) is 0 Å². The van der Waals surface area contributed by atoms with E-state index in [9.17, 15) is 0 Å². The van der Waals surface area contributed by atoms with Crippen LogP contribution in [0.2, 0.25) is 0 Å². The summed E-state index contributed by atoms with van der Waals surface area (Å²) in [6, 6.07) is 0. The van der Waals surface area contributed by atoms with Crippen LogP contribution in [0.4, 0.5) is 0 Å². The highest BCUT2D eigenvalue weighted by atomic mass is 14.2. The predicted molar refractivity (Wildman–Crippen MR) is 115 cm³/mol. The molecule has 0 atom stereocenters. The fraction of sp³-hybridized carbons (Fsp3) is 0.920. The Hall–Kier alpha value is -0.260. The molecule has 1 aliphatic rings. The molecule has 0 aromatic rings. The minimum atomic E-state index is 1.37. The van der Waals surface area contributed by atoms with Crippen molar-refractivity contribution in [2.45, 2.75) is 149 Å². The second-order valence-electron chi connectivity index (χ2n) is 8.51. The molecule has 0 heteroatoms. The molecule has 0 aromatic carbocycles. The topological polar surface area (TPSA) is 0 Å². The van der Waals surface area contributed by atoms with Crippen molar-refractivity contribution in [3.05, 3.63) is 11.1 Å². The highest BCUT2D eigenvalue weighted by Crippen LogP contribution is 2.33. The Bertz CT molecular complexity index is 282. The van der Waals surface area contributed by atoms with Gasteiger partial charge in [-0.05, 0) is 44.9 Å². The molecular weight excluding hydrogens is 300 g/mol. The van der Waals surface area contributed by atoms with Crippen molar-refractivity contribution in [3.8, 4) is 0 Å². The molecule has 1 rings (SSSR count). The van der Waals surface area contributed by atoms with E-state index in [1.165, 1.54) is 135 Å². The van der Waals surface area contributed by atoms with Gasteiger partial charge in [-0.1, -0.05) is 115 Å². The van der Waals surface area contributed by atoms with Crippen LogP contribution >= 0.6 is 0 Å². The van der Waals surface area contributed by atoms with E-state index >= 15 is 0 Å². The van der Waals surface area contributed by atoms with Crippen molar-refractivity contribution in [2.75, 3.05) is 0 Å². The molecule has 25 heavy (non-hydrogen) atoms. The largest absolute Gasteiger partial charge is 0.0710 e. The van der Waals surface area contributed by atoms with Gasteiger partial charge in [-0.25, -0.2) is 0 Å². The summed E-state index contributed by atoms with van der Waals surface area (Å²) in [5, 5.41) is 0.